The first-order chi connectivity index (χ1) is 12.9. The van der Waals surface area contributed by atoms with Gasteiger partial charge in [0.2, 0.25) is 17.7 Å². The Kier molecular flexibility index (Phi) is 5.78. The van der Waals surface area contributed by atoms with Gasteiger partial charge >= 0.3 is 0 Å². The van der Waals surface area contributed by atoms with Crippen molar-refractivity contribution in [2.45, 2.75) is 52.5 Å². The van der Waals surface area contributed by atoms with E-state index in [1.54, 1.807) is 0 Å². The molecule has 1 N–H and O–H groups in total. The minimum Gasteiger partial charge on any atom is -0.324 e. The second-order valence-corrected chi connectivity index (χ2v) is 7.89. The third-order valence-corrected chi connectivity index (χ3v) is 5.45. The van der Waals surface area contributed by atoms with Gasteiger partial charge in [-0.25, -0.2) is 0 Å². The zero-order chi connectivity index (χ0) is 19.6. The quantitative estimate of drug-likeness (QED) is 0.617. The Bertz CT molecular complexity index is 743. The summed E-state index contributed by atoms with van der Waals surface area (Å²) in [6, 6.07) is 6.91. The Morgan fingerprint density at radius 2 is 1.78 bits per heavy atom. The van der Waals surface area contributed by atoms with Crippen LogP contribution in [0.4, 0.5) is 5.69 Å². The standard InChI is InChI=1S/C22H28N2O3/c1-4-15-8-7-9-16(13-15)23-20(25)19(12-14(2)3)24-21(26)17-10-5-6-11-18(17)22(24)27/h5-9,13-14,17-19H,4,10-12H2,1-3H3,(H,23,25). The first kappa shape index (κ1) is 19.3. The number of allylic oxidation sites excluding steroid dienone is 2. The Balaban J connectivity index is 1.84. The lowest BCUT2D eigenvalue weighted by Crippen LogP contribution is -2.48. The smallest absolute Gasteiger partial charge is 0.247 e. The topological polar surface area (TPSA) is 66.5 Å². The van der Waals surface area contributed by atoms with Crippen molar-refractivity contribution in [1.82, 2.24) is 4.90 Å². The molecule has 1 aromatic rings. The lowest BCUT2D eigenvalue weighted by molar-refractivity contribution is -0.147. The SMILES string of the molecule is CCc1cccc(NC(=O)C(CC(C)C)N2C(=O)C3CC=CCC3C2=O)c1. The van der Waals surface area contributed by atoms with E-state index in [4.69, 9.17) is 0 Å². The van der Waals surface area contributed by atoms with E-state index in [9.17, 15) is 14.4 Å². The molecule has 1 saturated heterocycles. The van der Waals surface area contributed by atoms with Crippen LogP contribution in [-0.2, 0) is 20.8 Å². The fraction of sp³-hybridized carbons (Fsp3) is 0.500. The van der Waals surface area contributed by atoms with Crippen LogP contribution in [-0.4, -0.2) is 28.7 Å². The molecule has 1 aromatic carbocycles. The van der Waals surface area contributed by atoms with Crippen LogP contribution in [0.5, 0.6) is 0 Å². The van der Waals surface area contributed by atoms with Gasteiger partial charge in [-0.05, 0) is 49.3 Å². The van der Waals surface area contributed by atoms with Gasteiger partial charge in [0.15, 0.2) is 0 Å². The molecular formula is C22H28N2O3. The molecule has 0 aromatic heterocycles. The Labute approximate surface area is 160 Å². The average molecular weight is 368 g/mol. The summed E-state index contributed by atoms with van der Waals surface area (Å²) in [5, 5.41) is 2.92. The van der Waals surface area contributed by atoms with Crippen LogP contribution in [0.2, 0.25) is 0 Å². The third-order valence-electron chi connectivity index (χ3n) is 5.45. The van der Waals surface area contributed by atoms with Crippen molar-refractivity contribution < 1.29 is 14.4 Å². The largest absolute Gasteiger partial charge is 0.324 e. The van der Waals surface area contributed by atoms with Crippen molar-refractivity contribution in [2.24, 2.45) is 17.8 Å². The van der Waals surface area contributed by atoms with Gasteiger partial charge in [-0.15, -0.1) is 0 Å². The molecule has 5 nitrogen and oxygen atoms in total. The predicted octanol–water partition coefficient (Wildman–Crippen LogP) is 3.55. The highest BCUT2D eigenvalue weighted by molar-refractivity contribution is 6.10. The number of hydrogen-bond acceptors (Lipinski definition) is 3. The third kappa shape index (κ3) is 3.97. The van der Waals surface area contributed by atoms with E-state index in [1.165, 1.54) is 4.90 Å². The number of carbonyl (C=O) groups excluding carboxylic acids is 3. The summed E-state index contributed by atoms with van der Waals surface area (Å²) >= 11 is 0. The maximum absolute atomic E-state index is 13.1. The van der Waals surface area contributed by atoms with Gasteiger partial charge in [0.25, 0.3) is 0 Å². The molecule has 1 aliphatic carbocycles. The minimum absolute atomic E-state index is 0.184. The molecule has 1 heterocycles. The fourth-order valence-corrected chi connectivity index (χ4v) is 4.00. The van der Waals surface area contributed by atoms with E-state index in [0.717, 1.165) is 12.0 Å². The molecule has 27 heavy (non-hydrogen) atoms. The Hall–Kier alpha value is -2.43. The van der Waals surface area contributed by atoms with Gasteiger partial charge < -0.3 is 5.32 Å². The monoisotopic (exact) mass is 368 g/mol. The van der Waals surface area contributed by atoms with Crippen LogP contribution in [0.25, 0.3) is 0 Å². The molecule has 3 unspecified atom stereocenters. The Morgan fingerprint density at radius 3 is 2.33 bits per heavy atom. The zero-order valence-electron chi connectivity index (χ0n) is 16.3. The maximum atomic E-state index is 13.1. The number of rotatable bonds is 6. The molecule has 3 amide bonds. The number of hydrogen-bond donors (Lipinski definition) is 1. The molecule has 0 spiro atoms. The highest BCUT2D eigenvalue weighted by Gasteiger charge is 2.51. The second kappa shape index (κ2) is 8.07. The van der Waals surface area contributed by atoms with Crippen molar-refractivity contribution >= 4 is 23.4 Å². The first-order valence-corrected chi connectivity index (χ1v) is 9.84. The zero-order valence-corrected chi connectivity index (χ0v) is 16.3. The van der Waals surface area contributed by atoms with Gasteiger partial charge in [-0.2, -0.15) is 0 Å². The Morgan fingerprint density at radius 1 is 1.15 bits per heavy atom. The molecule has 0 saturated carbocycles. The average Bonchev–Trinajstić information content (AvgIpc) is 2.91. The van der Waals surface area contributed by atoms with E-state index < -0.39 is 6.04 Å². The molecule has 0 bridgehead atoms. The van der Waals surface area contributed by atoms with Gasteiger partial charge in [0.05, 0.1) is 11.8 Å². The van der Waals surface area contributed by atoms with Crippen LogP contribution >= 0.6 is 0 Å². The predicted molar refractivity (Wildman–Crippen MR) is 105 cm³/mol. The molecule has 1 fully saturated rings. The number of anilines is 1. The molecule has 2 aliphatic rings. The summed E-state index contributed by atoms with van der Waals surface area (Å²) in [6.07, 6.45) is 6.43. The minimum atomic E-state index is -0.763. The maximum Gasteiger partial charge on any atom is 0.247 e. The number of aryl methyl sites for hydroxylation is 1. The molecule has 144 valence electrons. The molecule has 0 radical (unpaired) electrons. The number of amides is 3. The van der Waals surface area contributed by atoms with Gasteiger partial charge in [0, 0.05) is 5.69 Å². The van der Waals surface area contributed by atoms with Crippen LogP contribution in [0.3, 0.4) is 0 Å². The van der Waals surface area contributed by atoms with Gasteiger partial charge in [-0.3, -0.25) is 19.3 Å². The fourth-order valence-electron chi connectivity index (χ4n) is 4.00. The van der Waals surface area contributed by atoms with E-state index in [0.29, 0.717) is 24.9 Å². The number of likely N-dealkylation sites (tertiary alicyclic amines) is 1. The summed E-state index contributed by atoms with van der Waals surface area (Å²) in [4.78, 5) is 40.2. The van der Waals surface area contributed by atoms with Crippen molar-refractivity contribution in [2.75, 3.05) is 5.32 Å². The first-order valence-electron chi connectivity index (χ1n) is 9.84. The summed E-state index contributed by atoms with van der Waals surface area (Å²) < 4.78 is 0. The molecular weight excluding hydrogens is 340 g/mol. The van der Waals surface area contributed by atoms with E-state index in [1.807, 2.05) is 50.3 Å². The molecule has 1 aliphatic heterocycles. The van der Waals surface area contributed by atoms with Crippen LogP contribution in [0.1, 0.15) is 45.6 Å². The van der Waals surface area contributed by atoms with Crippen molar-refractivity contribution in [1.29, 1.82) is 0 Å². The number of benzene rings is 1. The number of nitrogens with zero attached hydrogens (tertiary/aromatic N) is 1. The number of imide groups is 1. The summed E-state index contributed by atoms with van der Waals surface area (Å²) in [5.41, 5.74) is 1.82. The molecule has 3 atom stereocenters. The summed E-state index contributed by atoms with van der Waals surface area (Å²) in [5.74, 6) is -1.12. The van der Waals surface area contributed by atoms with Crippen LogP contribution in [0.15, 0.2) is 36.4 Å². The van der Waals surface area contributed by atoms with Gasteiger partial charge in [-0.1, -0.05) is 45.1 Å². The van der Waals surface area contributed by atoms with E-state index >= 15 is 0 Å². The van der Waals surface area contributed by atoms with Crippen LogP contribution in [0, 0.1) is 17.8 Å². The number of fused-ring (bicyclic) bond motifs is 1. The van der Waals surface area contributed by atoms with Gasteiger partial charge in [0.1, 0.15) is 6.04 Å². The van der Waals surface area contributed by atoms with E-state index in [2.05, 4.69) is 12.2 Å². The molecule has 3 rings (SSSR count). The van der Waals surface area contributed by atoms with Crippen molar-refractivity contribution in [3.8, 4) is 0 Å². The second-order valence-electron chi connectivity index (χ2n) is 7.89. The molecule has 5 heteroatoms. The lowest BCUT2D eigenvalue weighted by atomic mass is 9.85. The number of carbonyl (C=O) groups is 3. The highest BCUT2D eigenvalue weighted by Crippen LogP contribution is 2.37. The lowest BCUT2D eigenvalue weighted by Gasteiger charge is -2.27. The normalized spacial score (nSPS) is 22.9. The van der Waals surface area contributed by atoms with Crippen molar-refractivity contribution in [3.05, 3.63) is 42.0 Å². The summed E-state index contributed by atoms with van der Waals surface area (Å²) in [6.45, 7) is 6.05. The van der Waals surface area contributed by atoms with Crippen molar-refractivity contribution in [3.63, 3.8) is 0 Å². The van der Waals surface area contributed by atoms with E-state index in [-0.39, 0.29) is 35.5 Å². The highest BCUT2D eigenvalue weighted by atomic mass is 16.2. The number of nitrogens with one attached hydrogen (secondary N) is 1. The summed E-state index contributed by atoms with van der Waals surface area (Å²) in [7, 11) is 0. The van der Waals surface area contributed by atoms with Crippen LogP contribution < -0.4 is 5.32 Å².